The first kappa shape index (κ1) is 20.3. The van der Waals surface area contributed by atoms with E-state index in [0.717, 1.165) is 17.0 Å². The fraction of sp³-hybridized carbons (Fsp3) is 0.294. The second-order valence-corrected chi connectivity index (χ2v) is 7.88. The minimum absolute atomic E-state index is 0.191. The maximum absolute atomic E-state index is 12.8. The summed E-state index contributed by atoms with van der Waals surface area (Å²) in [7, 11) is 0. The Balaban J connectivity index is 1.50. The minimum Gasteiger partial charge on any atom is -0.340 e. The van der Waals surface area contributed by atoms with Crippen molar-refractivity contribution in [2.75, 3.05) is 11.1 Å². The number of nitrogens with one attached hydrogen (secondary N) is 1. The van der Waals surface area contributed by atoms with Crippen LogP contribution in [0.3, 0.4) is 0 Å². The molecular weight excluding hydrogens is 413 g/mol. The fourth-order valence-corrected chi connectivity index (χ4v) is 3.82. The first-order valence-corrected chi connectivity index (χ1v) is 10.0. The van der Waals surface area contributed by atoms with Gasteiger partial charge in [-0.2, -0.15) is 18.2 Å². The second-order valence-electron chi connectivity index (χ2n) is 5.78. The molecular formula is C17H15F3N4O2S2. The number of thioether (sulfide) groups is 1. The highest BCUT2D eigenvalue weighted by molar-refractivity contribution is 7.99. The van der Waals surface area contributed by atoms with E-state index in [9.17, 15) is 18.0 Å². The molecule has 0 saturated carbocycles. The number of rotatable bonds is 7. The van der Waals surface area contributed by atoms with Crippen molar-refractivity contribution in [3.8, 4) is 0 Å². The van der Waals surface area contributed by atoms with Crippen LogP contribution < -0.4 is 5.32 Å². The summed E-state index contributed by atoms with van der Waals surface area (Å²) in [5, 5.41) is 6.83. The van der Waals surface area contributed by atoms with Crippen LogP contribution in [0.2, 0.25) is 0 Å². The SMILES string of the molecule is Cc1nc(CSCC(=O)Nc2ncc(Cc3cccc(C(F)(F)F)c3)s2)no1. The average Bonchev–Trinajstić information content (AvgIpc) is 3.23. The van der Waals surface area contributed by atoms with E-state index in [2.05, 4.69) is 20.4 Å². The molecule has 0 fully saturated rings. The highest BCUT2D eigenvalue weighted by atomic mass is 32.2. The Bertz CT molecular complexity index is 956. The van der Waals surface area contributed by atoms with E-state index in [1.54, 1.807) is 19.2 Å². The predicted molar refractivity (Wildman–Crippen MR) is 100 cm³/mol. The van der Waals surface area contributed by atoms with E-state index in [1.807, 2.05) is 0 Å². The first-order chi connectivity index (χ1) is 13.3. The number of aromatic nitrogens is 3. The largest absolute Gasteiger partial charge is 0.416 e. The molecule has 0 aliphatic carbocycles. The quantitative estimate of drug-likeness (QED) is 0.604. The molecule has 3 aromatic rings. The van der Waals surface area contributed by atoms with Crippen molar-refractivity contribution in [3.63, 3.8) is 0 Å². The van der Waals surface area contributed by atoms with Gasteiger partial charge in [0.2, 0.25) is 11.8 Å². The molecule has 0 atom stereocenters. The molecule has 0 saturated heterocycles. The molecule has 0 aliphatic heterocycles. The van der Waals surface area contributed by atoms with Crippen molar-refractivity contribution in [1.29, 1.82) is 0 Å². The smallest absolute Gasteiger partial charge is 0.340 e. The number of thiazole rings is 1. The van der Waals surface area contributed by atoms with Crippen LogP contribution in [-0.4, -0.2) is 26.8 Å². The van der Waals surface area contributed by atoms with Gasteiger partial charge in [0, 0.05) is 24.4 Å². The van der Waals surface area contributed by atoms with Crippen molar-refractivity contribution in [3.05, 3.63) is 58.2 Å². The van der Waals surface area contributed by atoms with Crippen LogP contribution >= 0.6 is 23.1 Å². The van der Waals surface area contributed by atoms with E-state index in [4.69, 9.17) is 4.52 Å². The summed E-state index contributed by atoms with van der Waals surface area (Å²) in [6, 6.07) is 5.16. The van der Waals surface area contributed by atoms with Crippen molar-refractivity contribution < 1.29 is 22.5 Å². The molecule has 2 heterocycles. The second kappa shape index (κ2) is 8.74. The van der Waals surface area contributed by atoms with E-state index in [-0.39, 0.29) is 11.7 Å². The van der Waals surface area contributed by atoms with Crippen molar-refractivity contribution in [1.82, 2.24) is 15.1 Å². The number of aryl methyl sites for hydroxylation is 1. The van der Waals surface area contributed by atoms with Crippen LogP contribution in [0.1, 0.15) is 27.7 Å². The van der Waals surface area contributed by atoms with E-state index < -0.39 is 11.7 Å². The Hall–Kier alpha value is -2.40. The molecule has 0 radical (unpaired) electrons. The maximum atomic E-state index is 12.8. The minimum atomic E-state index is -4.37. The molecule has 3 rings (SSSR count). The monoisotopic (exact) mass is 428 g/mol. The predicted octanol–water partition coefficient (Wildman–Crippen LogP) is 4.32. The van der Waals surface area contributed by atoms with E-state index in [0.29, 0.717) is 34.6 Å². The van der Waals surface area contributed by atoms with Crippen molar-refractivity contribution >= 4 is 34.1 Å². The van der Waals surface area contributed by atoms with Gasteiger partial charge in [-0.25, -0.2) is 4.98 Å². The van der Waals surface area contributed by atoms with Crippen LogP contribution in [0.4, 0.5) is 18.3 Å². The van der Waals surface area contributed by atoms with Crippen LogP contribution in [0.5, 0.6) is 0 Å². The van der Waals surface area contributed by atoms with Gasteiger partial charge in [0.05, 0.1) is 17.1 Å². The molecule has 0 bridgehead atoms. The number of nitrogens with zero attached hydrogens (tertiary/aromatic N) is 3. The third-order valence-corrected chi connectivity index (χ3v) is 5.31. The zero-order valence-corrected chi connectivity index (χ0v) is 16.2. The van der Waals surface area contributed by atoms with E-state index >= 15 is 0 Å². The lowest BCUT2D eigenvalue weighted by Crippen LogP contribution is -2.13. The van der Waals surface area contributed by atoms with Gasteiger partial charge in [0.1, 0.15) is 0 Å². The molecule has 148 valence electrons. The molecule has 2 aromatic heterocycles. The number of carbonyl (C=O) groups is 1. The highest BCUT2D eigenvalue weighted by Gasteiger charge is 2.30. The summed E-state index contributed by atoms with van der Waals surface area (Å²) < 4.78 is 43.2. The molecule has 6 nitrogen and oxygen atoms in total. The summed E-state index contributed by atoms with van der Waals surface area (Å²) in [5.41, 5.74) is -0.154. The molecule has 11 heteroatoms. The topological polar surface area (TPSA) is 80.9 Å². The van der Waals surface area contributed by atoms with Crippen LogP contribution in [-0.2, 0) is 23.1 Å². The number of alkyl halides is 3. The molecule has 0 unspecified atom stereocenters. The normalized spacial score (nSPS) is 11.6. The summed E-state index contributed by atoms with van der Waals surface area (Å²) in [5.74, 6) is 1.40. The molecule has 0 spiro atoms. The summed E-state index contributed by atoms with van der Waals surface area (Å²) in [4.78, 5) is 20.9. The third kappa shape index (κ3) is 5.80. The number of anilines is 1. The lowest BCUT2D eigenvalue weighted by Gasteiger charge is -2.07. The summed E-state index contributed by atoms with van der Waals surface area (Å²) in [6.45, 7) is 1.69. The highest BCUT2D eigenvalue weighted by Crippen LogP contribution is 2.30. The number of carbonyl (C=O) groups excluding carboxylic acids is 1. The first-order valence-electron chi connectivity index (χ1n) is 8.07. The molecule has 1 aromatic carbocycles. The van der Waals surface area contributed by atoms with Crippen molar-refractivity contribution in [2.24, 2.45) is 0 Å². The van der Waals surface area contributed by atoms with Gasteiger partial charge in [-0.15, -0.1) is 23.1 Å². The Morgan fingerprint density at radius 1 is 1.36 bits per heavy atom. The number of benzene rings is 1. The van der Waals surface area contributed by atoms with Gasteiger partial charge in [-0.1, -0.05) is 23.4 Å². The fourth-order valence-electron chi connectivity index (χ4n) is 2.30. The third-order valence-electron chi connectivity index (χ3n) is 3.47. The van der Waals surface area contributed by atoms with Crippen molar-refractivity contribution in [2.45, 2.75) is 25.3 Å². The number of halogens is 3. The average molecular weight is 428 g/mol. The van der Waals surface area contributed by atoms with Gasteiger partial charge in [-0.3, -0.25) is 4.79 Å². The van der Waals surface area contributed by atoms with Gasteiger partial charge in [-0.05, 0) is 11.6 Å². The van der Waals surface area contributed by atoms with Crippen LogP contribution in [0.15, 0.2) is 35.0 Å². The standard InChI is InChI=1S/C17H15F3N4O2S2/c1-10-22-14(24-26-10)8-27-9-15(25)23-16-21-7-13(28-16)6-11-3-2-4-12(5-11)17(18,19)20/h2-5,7H,6,8-9H2,1H3,(H,21,23,25). The summed E-state index contributed by atoms with van der Waals surface area (Å²) >= 11 is 2.56. The lowest BCUT2D eigenvalue weighted by atomic mass is 10.1. The Labute approximate surface area is 166 Å². The number of amides is 1. The Morgan fingerprint density at radius 2 is 2.18 bits per heavy atom. The molecule has 1 N–H and O–H groups in total. The number of hydrogen-bond acceptors (Lipinski definition) is 7. The Morgan fingerprint density at radius 3 is 2.89 bits per heavy atom. The maximum Gasteiger partial charge on any atom is 0.416 e. The van der Waals surface area contributed by atoms with Crippen LogP contribution in [0.25, 0.3) is 0 Å². The van der Waals surface area contributed by atoms with Gasteiger partial charge in [0.15, 0.2) is 11.0 Å². The van der Waals surface area contributed by atoms with Gasteiger partial charge >= 0.3 is 6.18 Å². The zero-order chi connectivity index (χ0) is 20.1. The van der Waals surface area contributed by atoms with Gasteiger partial charge < -0.3 is 9.84 Å². The number of hydrogen-bond donors (Lipinski definition) is 1. The van der Waals surface area contributed by atoms with E-state index in [1.165, 1.54) is 29.2 Å². The van der Waals surface area contributed by atoms with Gasteiger partial charge in [0.25, 0.3) is 0 Å². The Kier molecular flexibility index (Phi) is 6.35. The molecule has 28 heavy (non-hydrogen) atoms. The lowest BCUT2D eigenvalue weighted by molar-refractivity contribution is -0.137. The molecule has 0 aliphatic rings. The summed E-state index contributed by atoms with van der Waals surface area (Å²) in [6.07, 6.45) is -2.51. The van der Waals surface area contributed by atoms with Crippen LogP contribution in [0, 0.1) is 6.92 Å². The molecule has 1 amide bonds. The zero-order valence-electron chi connectivity index (χ0n) is 14.6.